The molecule has 4 rings (SSSR count). The maximum Gasteiger partial charge on any atom is 0.264 e. The lowest BCUT2D eigenvalue weighted by Crippen LogP contribution is -2.40. The van der Waals surface area contributed by atoms with Crippen molar-refractivity contribution in [3.05, 3.63) is 117 Å². The first kappa shape index (κ1) is 30.1. The van der Waals surface area contributed by atoms with Crippen LogP contribution in [0.25, 0.3) is 0 Å². The van der Waals surface area contributed by atoms with Crippen molar-refractivity contribution in [2.75, 3.05) is 18.0 Å². The summed E-state index contributed by atoms with van der Waals surface area (Å²) in [6.45, 7) is 1.62. The topological polar surface area (TPSA) is 97.3 Å². The van der Waals surface area contributed by atoms with E-state index in [1.54, 1.807) is 73.7 Å². The highest BCUT2D eigenvalue weighted by atomic mass is 79.9. The molecule has 4 aromatic rings. The molecule has 212 valence electrons. The Morgan fingerprint density at radius 1 is 1.02 bits per heavy atom. The van der Waals surface area contributed by atoms with E-state index >= 15 is 0 Å². The van der Waals surface area contributed by atoms with E-state index < -0.39 is 22.5 Å². The average Bonchev–Trinajstić information content (AvgIpc) is 2.97. The molecule has 0 aliphatic heterocycles. The van der Waals surface area contributed by atoms with Gasteiger partial charge in [-0.25, -0.2) is 13.8 Å². The molecule has 0 spiro atoms. The molecule has 0 fully saturated rings. The average molecular weight is 657 g/mol. The first-order valence-electron chi connectivity index (χ1n) is 12.4. The van der Waals surface area contributed by atoms with Crippen molar-refractivity contribution < 1.29 is 22.7 Å². The number of hydrazone groups is 1. The van der Waals surface area contributed by atoms with E-state index in [4.69, 9.17) is 21.1 Å². The first-order chi connectivity index (χ1) is 19.7. The van der Waals surface area contributed by atoms with Gasteiger partial charge in [-0.15, -0.1) is 0 Å². The lowest BCUT2D eigenvalue weighted by molar-refractivity contribution is -0.119. The molecule has 1 N–H and O–H groups in total. The summed E-state index contributed by atoms with van der Waals surface area (Å²) >= 11 is 9.45. The SMILES string of the molecule is COc1cc(/C=N/NC(=O)CN(c2ccccc2C)S(=O)(=O)c2ccccc2)cc(Br)c1OCc1ccc(Cl)cc1. The van der Waals surface area contributed by atoms with Crippen LogP contribution in [-0.2, 0) is 21.4 Å². The summed E-state index contributed by atoms with van der Waals surface area (Å²) in [7, 11) is -2.50. The molecule has 0 atom stereocenters. The molecule has 0 unspecified atom stereocenters. The van der Waals surface area contributed by atoms with E-state index in [9.17, 15) is 13.2 Å². The van der Waals surface area contributed by atoms with E-state index in [1.165, 1.54) is 25.5 Å². The maximum atomic E-state index is 13.5. The Bertz CT molecular complexity index is 1650. The smallest absolute Gasteiger partial charge is 0.264 e. The number of nitrogens with zero attached hydrogens (tertiary/aromatic N) is 2. The maximum absolute atomic E-state index is 13.5. The first-order valence-corrected chi connectivity index (χ1v) is 15.0. The summed E-state index contributed by atoms with van der Waals surface area (Å²) in [5, 5.41) is 4.68. The van der Waals surface area contributed by atoms with Crippen LogP contribution in [0.5, 0.6) is 11.5 Å². The molecular formula is C30H27BrClN3O5S. The number of benzene rings is 4. The highest BCUT2D eigenvalue weighted by Crippen LogP contribution is 2.37. The van der Waals surface area contributed by atoms with Crippen LogP contribution in [0, 0.1) is 6.92 Å². The Labute approximate surface area is 252 Å². The molecule has 41 heavy (non-hydrogen) atoms. The zero-order chi connectivity index (χ0) is 29.4. The number of amides is 1. The molecule has 0 radical (unpaired) electrons. The van der Waals surface area contributed by atoms with Crippen LogP contribution in [-0.4, -0.2) is 34.2 Å². The van der Waals surface area contributed by atoms with Gasteiger partial charge in [0.05, 0.1) is 28.4 Å². The predicted octanol–water partition coefficient (Wildman–Crippen LogP) is 6.34. The second kappa shape index (κ2) is 13.7. The zero-order valence-electron chi connectivity index (χ0n) is 22.3. The fourth-order valence-corrected chi connectivity index (χ4v) is 6.10. The fourth-order valence-electron chi connectivity index (χ4n) is 3.90. The van der Waals surface area contributed by atoms with Gasteiger partial charge in [-0.05, 0) is 82.0 Å². The van der Waals surface area contributed by atoms with Gasteiger partial charge in [0.25, 0.3) is 15.9 Å². The van der Waals surface area contributed by atoms with E-state index in [-0.39, 0.29) is 4.90 Å². The van der Waals surface area contributed by atoms with Gasteiger partial charge in [0.15, 0.2) is 11.5 Å². The van der Waals surface area contributed by atoms with E-state index in [0.29, 0.717) is 44.4 Å². The Morgan fingerprint density at radius 2 is 1.71 bits per heavy atom. The van der Waals surface area contributed by atoms with Gasteiger partial charge in [0.2, 0.25) is 0 Å². The number of carbonyl (C=O) groups excluding carboxylic acids is 1. The van der Waals surface area contributed by atoms with Gasteiger partial charge in [0, 0.05) is 5.02 Å². The third-order valence-corrected chi connectivity index (χ3v) is 8.57. The van der Waals surface area contributed by atoms with Crippen LogP contribution in [0.3, 0.4) is 0 Å². The number of rotatable bonds is 11. The zero-order valence-corrected chi connectivity index (χ0v) is 25.4. The molecule has 0 saturated heterocycles. The summed E-state index contributed by atoms with van der Waals surface area (Å²) in [5.74, 6) is 0.349. The predicted molar refractivity (Wildman–Crippen MR) is 164 cm³/mol. The quantitative estimate of drug-likeness (QED) is 0.150. The lowest BCUT2D eigenvalue weighted by Gasteiger charge is -2.25. The Balaban J connectivity index is 1.48. The molecule has 0 aliphatic carbocycles. The normalized spacial score (nSPS) is 11.3. The molecule has 8 nitrogen and oxygen atoms in total. The molecule has 4 aromatic carbocycles. The molecule has 0 aliphatic rings. The number of aryl methyl sites for hydroxylation is 1. The standard InChI is InChI=1S/C30H27BrClN3O5S/c1-21-8-6-7-11-27(21)35(41(37,38)25-9-4-3-5-10-25)19-29(36)34-33-18-23-16-26(31)30(28(17-23)39-2)40-20-22-12-14-24(32)15-13-22/h3-18H,19-20H2,1-2H3,(H,34,36)/b33-18+. The van der Waals surface area contributed by atoms with Crippen LogP contribution in [0.15, 0.2) is 105 Å². The van der Waals surface area contributed by atoms with Gasteiger partial charge in [-0.3, -0.25) is 9.10 Å². The number of nitrogens with one attached hydrogen (secondary N) is 1. The van der Waals surface area contributed by atoms with Crippen molar-refractivity contribution in [3.8, 4) is 11.5 Å². The third-order valence-electron chi connectivity index (χ3n) is 5.95. The van der Waals surface area contributed by atoms with Crippen molar-refractivity contribution in [2.45, 2.75) is 18.4 Å². The second-order valence-corrected chi connectivity index (χ2v) is 12.0. The molecular weight excluding hydrogens is 630 g/mol. The Kier molecular flexibility index (Phi) is 10.0. The van der Waals surface area contributed by atoms with Gasteiger partial charge in [0.1, 0.15) is 13.2 Å². The van der Waals surface area contributed by atoms with Gasteiger partial charge in [-0.1, -0.05) is 60.1 Å². The minimum atomic E-state index is -4.02. The third kappa shape index (κ3) is 7.66. The van der Waals surface area contributed by atoms with Crippen LogP contribution in [0.2, 0.25) is 5.02 Å². The number of anilines is 1. The molecule has 0 bridgehead atoms. The number of carbonyl (C=O) groups is 1. The van der Waals surface area contributed by atoms with E-state index in [0.717, 1.165) is 9.87 Å². The molecule has 1 amide bonds. The second-order valence-electron chi connectivity index (χ2n) is 8.85. The Hall–Kier alpha value is -3.86. The number of hydrogen-bond donors (Lipinski definition) is 1. The van der Waals surface area contributed by atoms with Crippen LogP contribution in [0.4, 0.5) is 5.69 Å². The number of methoxy groups -OCH3 is 1. The summed E-state index contributed by atoms with van der Waals surface area (Å²) in [4.78, 5) is 13.0. The Morgan fingerprint density at radius 3 is 2.39 bits per heavy atom. The number of ether oxygens (including phenoxy) is 2. The van der Waals surface area contributed by atoms with Crippen molar-refractivity contribution in [1.29, 1.82) is 0 Å². The highest BCUT2D eigenvalue weighted by molar-refractivity contribution is 9.10. The monoisotopic (exact) mass is 655 g/mol. The van der Waals surface area contributed by atoms with Gasteiger partial charge in [-0.2, -0.15) is 5.10 Å². The molecule has 0 heterocycles. The van der Waals surface area contributed by atoms with Crippen LogP contribution >= 0.6 is 27.5 Å². The van der Waals surface area contributed by atoms with E-state index in [2.05, 4.69) is 26.5 Å². The number of para-hydroxylation sites is 1. The van der Waals surface area contributed by atoms with Crippen molar-refractivity contribution in [1.82, 2.24) is 5.43 Å². The summed E-state index contributed by atoms with van der Waals surface area (Å²) in [6, 6.07) is 25.7. The lowest BCUT2D eigenvalue weighted by atomic mass is 10.2. The number of hydrogen-bond acceptors (Lipinski definition) is 6. The van der Waals surface area contributed by atoms with Gasteiger partial charge < -0.3 is 9.47 Å². The van der Waals surface area contributed by atoms with E-state index in [1.807, 2.05) is 12.1 Å². The largest absolute Gasteiger partial charge is 0.493 e. The molecule has 11 heteroatoms. The van der Waals surface area contributed by atoms with Crippen LogP contribution < -0.4 is 19.2 Å². The highest BCUT2D eigenvalue weighted by Gasteiger charge is 2.28. The van der Waals surface area contributed by atoms with Crippen LogP contribution in [0.1, 0.15) is 16.7 Å². The summed E-state index contributed by atoms with van der Waals surface area (Å²) in [5.41, 5.74) is 5.08. The van der Waals surface area contributed by atoms with Crippen molar-refractivity contribution in [3.63, 3.8) is 0 Å². The minimum Gasteiger partial charge on any atom is -0.493 e. The van der Waals surface area contributed by atoms with Gasteiger partial charge >= 0.3 is 0 Å². The summed E-state index contributed by atoms with van der Waals surface area (Å²) < 4.78 is 40.1. The number of sulfonamides is 1. The fraction of sp³-hybridized carbons (Fsp3) is 0.133. The summed E-state index contributed by atoms with van der Waals surface area (Å²) in [6.07, 6.45) is 1.43. The van der Waals surface area contributed by atoms with Crippen molar-refractivity contribution >= 4 is 55.4 Å². The molecule has 0 saturated carbocycles. The van der Waals surface area contributed by atoms with Crippen molar-refractivity contribution in [2.24, 2.45) is 5.10 Å². The molecule has 0 aromatic heterocycles. The number of halogens is 2. The minimum absolute atomic E-state index is 0.0786.